The molecule has 0 fully saturated rings. The van der Waals surface area contributed by atoms with Gasteiger partial charge in [-0.25, -0.2) is 8.42 Å². The van der Waals surface area contributed by atoms with Gasteiger partial charge in [-0.3, -0.25) is 0 Å². The molecular formula is C16H20NO2S+. The van der Waals surface area contributed by atoms with Crippen molar-refractivity contribution in [3.05, 3.63) is 65.2 Å². The average molecular weight is 290 g/mol. The second-order valence-corrected chi connectivity index (χ2v) is 7.18. The van der Waals surface area contributed by atoms with Gasteiger partial charge >= 0.3 is 0 Å². The van der Waals surface area contributed by atoms with Crippen molar-refractivity contribution in [2.24, 2.45) is 0 Å². The van der Waals surface area contributed by atoms with Crippen molar-refractivity contribution in [3.63, 3.8) is 0 Å². The first-order valence-electron chi connectivity index (χ1n) is 6.61. The van der Waals surface area contributed by atoms with E-state index in [1.54, 1.807) is 12.1 Å². The topological polar surface area (TPSA) is 61.8 Å². The van der Waals surface area contributed by atoms with Gasteiger partial charge < -0.3 is 5.73 Å². The molecular weight excluding hydrogens is 270 g/mol. The highest BCUT2D eigenvalue weighted by atomic mass is 32.2. The van der Waals surface area contributed by atoms with E-state index in [1.165, 1.54) is 0 Å². The smallest absolute Gasteiger partial charge is 0.190 e. The van der Waals surface area contributed by atoms with Crippen LogP contribution in [0.3, 0.4) is 0 Å². The van der Waals surface area contributed by atoms with Crippen LogP contribution in [-0.4, -0.2) is 15.0 Å². The van der Waals surface area contributed by atoms with E-state index in [0.29, 0.717) is 11.4 Å². The summed E-state index contributed by atoms with van der Waals surface area (Å²) in [6, 6.07) is 14.6. The molecule has 0 aliphatic rings. The minimum absolute atomic E-state index is 0.319. The monoisotopic (exact) mass is 290 g/mol. The third kappa shape index (κ3) is 2.92. The number of hydrogen-bond donors (Lipinski definition) is 1. The minimum atomic E-state index is -3.40. The molecule has 2 rings (SSSR count). The summed E-state index contributed by atoms with van der Waals surface area (Å²) in [5, 5.41) is -0.592. The molecule has 1 atom stereocenters. The Morgan fingerprint density at radius 3 is 1.80 bits per heavy atom. The Kier molecular flexibility index (Phi) is 4.26. The summed E-state index contributed by atoms with van der Waals surface area (Å²) in [4.78, 5) is 0.359. The molecule has 0 amide bonds. The standard InChI is InChI=1S/C16H19NO2S/c1-12-3-7-14(8-4-12)16(11-17)20(18,19)15-9-5-13(2)6-10-15/h3-10,16H,11,17H2,1-2H3/p+1/t16-/m1/s1. The Labute approximate surface area is 120 Å². The first-order chi connectivity index (χ1) is 9.45. The summed E-state index contributed by atoms with van der Waals surface area (Å²) in [6.45, 7) is 4.24. The third-order valence-electron chi connectivity index (χ3n) is 3.44. The molecule has 0 aromatic heterocycles. The normalized spacial score (nSPS) is 13.2. The van der Waals surface area contributed by atoms with Gasteiger partial charge in [-0.2, -0.15) is 0 Å². The van der Waals surface area contributed by atoms with Crippen molar-refractivity contribution in [1.29, 1.82) is 0 Å². The molecule has 0 saturated carbocycles. The van der Waals surface area contributed by atoms with Crippen molar-refractivity contribution < 1.29 is 14.2 Å². The predicted octanol–water partition coefficient (Wildman–Crippen LogP) is 2.06. The van der Waals surface area contributed by atoms with Gasteiger partial charge in [-0.05, 0) is 31.5 Å². The zero-order chi connectivity index (χ0) is 14.8. The van der Waals surface area contributed by atoms with Gasteiger partial charge in [0.05, 0.1) is 11.4 Å². The number of aryl methyl sites for hydroxylation is 2. The minimum Gasteiger partial charge on any atom is -0.356 e. The maximum absolute atomic E-state index is 12.7. The summed E-state index contributed by atoms with van der Waals surface area (Å²) >= 11 is 0. The van der Waals surface area contributed by atoms with Crippen molar-refractivity contribution in [2.45, 2.75) is 24.0 Å². The van der Waals surface area contributed by atoms with Crippen molar-refractivity contribution in [3.8, 4) is 0 Å². The van der Waals surface area contributed by atoms with Crippen LogP contribution in [-0.2, 0) is 9.84 Å². The van der Waals surface area contributed by atoms with E-state index >= 15 is 0 Å². The van der Waals surface area contributed by atoms with E-state index < -0.39 is 15.1 Å². The van der Waals surface area contributed by atoms with Gasteiger partial charge in [0.15, 0.2) is 9.84 Å². The number of sulfone groups is 1. The largest absolute Gasteiger partial charge is 0.356 e. The fourth-order valence-corrected chi connectivity index (χ4v) is 3.84. The molecule has 2 aromatic carbocycles. The zero-order valence-electron chi connectivity index (χ0n) is 11.8. The van der Waals surface area contributed by atoms with Gasteiger partial charge in [-0.15, -0.1) is 0 Å². The molecule has 0 heterocycles. The molecule has 3 N–H and O–H groups in total. The van der Waals surface area contributed by atoms with E-state index in [9.17, 15) is 8.42 Å². The molecule has 106 valence electrons. The molecule has 0 aliphatic heterocycles. The summed E-state index contributed by atoms with van der Waals surface area (Å²) in [5.74, 6) is 0. The summed E-state index contributed by atoms with van der Waals surface area (Å²) in [6.07, 6.45) is 0. The Hall–Kier alpha value is -1.65. The maximum Gasteiger partial charge on any atom is 0.190 e. The molecule has 0 radical (unpaired) electrons. The van der Waals surface area contributed by atoms with Gasteiger partial charge in [0.1, 0.15) is 5.25 Å². The van der Waals surface area contributed by atoms with Crippen molar-refractivity contribution in [2.75, 3.05) is 6.54 Å². The maximum atomic E-state index is 12.7. The molecule has 0 spiro atoms. The third-order valence-corrected chi connectivity index (χ3v) is 5.62. The summed E-state index contributed by atoms with van der Waals surface area (Å²) < 4.78 is 25.4. The highest BCUT2D eigenvalue weighted by molar-refractivity contribution is 7.91. The molecule has 0 bridgehead atoms. The molecule has 0 saturated heterocycles. The first-order valence-corrected chi connectivity index (χ1v) is 8.16. The fraction of sp³-hybridized carbons (Fsp3) is 0.250. The number of hydrogen-bond acceptors (Lipinski definition) is 2. The van der Waals surface area contributed by atoms with Gasteiger partial charge in [0, 0.05) is 0 Å². The molecule has 4 heteroatoms. The highest BCUT2D eigenvalue weighted by Crippen LogP contribution is 2.28. The van der Waals surface area contributed by atoms with Crippen LogP contribution < -0.4 is 5.73 Å². The van der Waals surface area contributed by atoms with Crippen LogP contribution in [0, 0.1) is 13.8 Å². The van der Waals surface area contributed by atoms with E-state index in [0.717, 1.165) is 16.7 Å². The van der Waals surface area contributed by atoms with Gasteiger partial charge in [-0.1, -0.05) is 47.5 Å². The van der Waals surface area contributed by atoms with Crippen molar-refractivity contribution in [1.82, 2.24) is 0 Å². The van der Waals surface area contributed by atoms with E-state index in [4.69, 9.17) is 0 Å². The van der Waals surface area contributed by atoms with E-state index in [1.807, 2.05) is 50.2 Å². The Morgan fingerprint density at radius 1 is 0.900 bits per heavy atom. The zero-order valence-corrected chi connectivity index (χ0v) is 12.7. The first kappa shape index (κ1) is 14.8. The molecule has 20 heavy (non-hydrogen) atoms. The van der Waals surface area contributed by atoms with Crippen molar-refractivity contribution >= 4 is 9.84 Å². The van der Waals surface area contributed by atoms with E-state index in [-0.39, 0.29) is 0 Å². The van der Waals surface area contributed by atoms with Crippen LogP contribution >= 0.6 is 0 Å². The Bertz CT molecular complexity index is 673. The molecule has 3 nitrogen and oxygen atoms in total. The SMILES string of the molecule is Cc1ccc([C@@H](C[NH3+])S(=O)(=O)c2ccc(C)cc2)cc1. The number of rotatable bonds is 4. The average Bonchev–Trinajstić information content (AvgIpc) is 2.42. The van der Waals surface area contributed by atoms with Crippen LogP contribution in [0.4, 0.5) is 0 Å². The Morgan fingerprint density at radius 2 is 1.35 bits per heavy atom. The summed E-state index contributed by atoms with van der Waals surface area (Å²) in [5.41, 5.74) is 6.77. The predicted molar refractivity (Wildman–Crippen MR) is 80.0 cm³/mol. The fourth-order valence-electron chi connectivity index (χ4n) is 2.17. The lowest BCUT2D eigenvalue weighted by molar-refractivity contribution is -0.367. The second-order valence-electron chi connectivity index (χ2n) is 5.05. The lowest BCUT2D eigenvalue weighted by atomic mass is 10.1. The van der Waals surface area contributed by atoms with Crippen LogP contribution in [0.1, 0.15) is 21.9 Å². The second kappa shape index (κ2) is 5.77. The van der Waals surface area contributed by atoms with Crippen LogP contribution in [0.15, 0.2) is 53.4 Å². The molecule has 2 aromatic rings. The van der Waals surface area contributed by atoms with Crippen LogP contribution in [0.2, 0.25) is 0 Å². The molecule has 0 aliphatic carbocycles. The van der Waals surface area contributed by atoms with Gasteiger partial charge in [0.25, 0.3) is 0 Å². The number of quaternary nitrogens is 1. The van der Waals surface area contributed by atoms with Gasteiger partial charge in [0.2, 0.25) is 0 Å². The highest BCUT2D eigenvalue weighted by Gasteiger charge is 2.29. The lowest BCUT2D eigenvalue weighted by Crippen LogP contribution is -2.54. The quantitative estimate of drug-likeness (QED) is 0.937. The Balaban J connectivity index is 2.44. The lowest BCUT2D eigenvalue weighted by Gasteiger charge is -2.15. The van der Waals surface area contributed by atoms with E-state index in [2.05, 4.69) is 5.73 Å². The van der Waals surface area contributed by atoms with Crippen LogP contribution in [0.5, 0.6) is 0 Å². The number of benzene rings is 2. The van der Waals surface area contributed by atoms with Crippen LogP contribution in [0.25, 0.3) is 0 Å². The molecule has 0 unspecified atom stereocenters. The summed E-state index contributed by atoms with van der Waals surface area (Å²) in [7, 11) is -3.40.